The van der Waals surface area contributed by atoms with Crippen LogP contribution in [0.5, 0.6) is 0 Å². The SMILES string of the molecule is C=C(C)C(O)OC(C)(C)c1ccccc1. The summed E-state index contributed by atoms with van der Waals surface area (Å²) in [6.07, 6.45) is -0.916. The molecule has 0 aliphatic rings. The van der Waals surface area contributed by atoms with Crippen molar-refractivity contribution in [1.29, 1.82) is 0 Å². The van der Waals surface area contributed by atoms with Gasteiger partial charge in [-0.2, -0.15) is 0 Å². The maximum absolute atomic E-state index is 9.60. The lowest BCUT2D eigenvalue weighted by molar-refractivity contribution is -0.156. The number of aliphatic hydroxyl groups excluding tert-OH is 1. The van der Waals surface area contributed by atoms with Gasteiger partial charge < -0.3 is 9.84 Å². The van der Waals surface area contributed by atoms with E-state index in [1.165, 1.54) is 0 Å². The highest BCUT2D eigenvalue weighted by Gasteiger charge is 2.24. The Labute approximate surface area is 91.2 Å². The minimum atomic E-state index is -0.916. The van der Waals surface area contributed by atoms with Gasteiger partial charge in [0.2, 0.25) is 0 Å². The van der Waals surface area contributed by atoms with E-state index in [0.29, 0.717) is 5.57 Å². The van der Waals surface area contributed by atoms with Gasteiger partial charge in [0.15, 0.2) is 6.29 Å². The molecule has 1 rings (SSSR count). The molecule has 0 bridgehead atoms. The van der Waals surface area contributed by atoms with E-state index in [0.717, 1.165) is 5.56 Å². The summed E-state index contributed by atoms with van der Waals surface area (Å²) in [6.45, 7) is 9.25. The van der Waals surface area contributed by atoms with E-state index >= 15 is 0 Å². The van der Waals surface area contributed by atoms with E-state index in [1.807, 2.05) is 44.2 Å². The summed E-state index contributed by atoms with van der Waals surface area (Å²) in [7, 11) is 0. The summed E-state index contributed by atoms with van der Waals surface area (Å²) in [5.74, 6) is 0. The molecule has 2 nitrogen and oxygen atoms in total. The molecule has 15 heavy (non-hydrogen) atoms. The van der Waals surface area contributed by atoms with E-state index in [4.69, 9.17) is 4.74 Å². The predicted molar refractivity (Wildman–Crippen MR) is 61.4 cm³/mol. The first-order chi connectivity index (χ1) is 6.93. The third-order valence-corrected chi connectivity index (χ3v) is 2.30. The van der Waals surface area contributed by atoms with Crippen LogP contribution in [-0.2, 0) is 10.3 Å². The molecule has 1 aromatic carbocycles. The van der Waals surface area contributed by atoms with Crippen LogP contribution in [0.4, 0.5) is 0 Å². The van der Waals surface area contributed by atoms with Crippen LogP contribution < -0.4 is 0 Å². The molecule has 1 unspecified atom stereocenters. The molecular formula is C13H18O2. The molecule has 0 spiro atoms. The minimum Gasteiger partial charge on any atom is -0.364 e. The van der Waals surface area contributed by atoms with Crippen molar-refractivity contribution in [2.75, 3.05) is 0 Å². The van der Waals surface area contributed by atoms with Gasteiger partial charge in [0.05, 0.1) is 5.60 Å². The van der Waals surface area contributed by atoms with E-state index in [1.54, 1.807) is 6.92 Å². The largest absolute Gasteiger partial charge is 0.364 e. The Morgan fingerprint density at radius 3 is 2.33 bits per heavy atom. The Morgan fingerprint density at radius 2 is 1.87 bits per heavy atom. The van der Waals surface area contributed by atoms with Gasteiger partial charge in [0.25, 0.3) is 0 Å². The number of hydrogen-bond donors (Lipinski definition) is 1. The van der Waals surface area contributed by atoms with Crippen LogP contribution >= 0.6 is 0 Å². The fourth-order valence-corrected chi connectivity index (χ4v) is 1.29. The first-order valence-electron chi connectivity index (χ1n) is 5.00. The van der Waals surface area contributed by atoms with Gasteiger partial charge in [0.1, 0.15) is 0 Å². The van der Waals surface area contributed by atoms with E-state index in [9.17, 15) is 5.11 Å². The first kappa shape index (κ1) is 12.0. The standard InChI is InChI=1S/C13H18O2/c1-10(2)12(14)15-13(3,4)11-8-6-5-7-9-11/h5-9,12,14H,1H2,2-4H3. The monoisotopic (exact) mass is 206 g/mol. The van der Waals surface area contributed by atoms with E-state index < -0.39 is 11.9 Å². The zero-order chi connectivity index (χ0) is 11.5. The molecule has 0 aliphatic carbocycles. The summed E-state index contributed by atoms with van der Waals surface area (Å²) in [6, 6.07) is 9.81. The third kappa shape index (κ3) is 3.18. The number of hydrogen-bond acceptors (Lipinski definition) is 2. The zero-order valence-corrected chi connectivity index (χ0v) is 9.53. The van der Waals surface area contributed by atoms with Crippen molar-refractivity contribution < 1.29 is 9.84 Å². The summed E-state index contributed by atoms with van der Waals surface area (Å²) in [4.78, 5) is 0. The lowest BCUT2D eigenvalue weighted by Crippen LogP contribution is -2.28. The van der Waals surface area contributed by atoms with Crippen molar-refractivity contribution >= 4 is 0 Å². The molecule has 1 atom stereocenters. The Kier molecular flexibility index (Phi) is 3.66. The molecule has 0 fully saturated rings. The van der Waals surface area contributed by atoms with Crippen LogP contribution in [0.2, 0.25) is 0 Å². The fourth-order valence-electron chi connectivity index (χ4n) is 1.29. The Balaban J connectivity index is 2.80. The molecular weight excluding hydrogens is 188 g/mol. The highest BCUT2D eigenvalue weighted by atomic mass is 16.6. The second kappa shape index (κ2) is 4.60. The number of benzene rings is 1. The first-order valence-corrected chi connectivity index (χ1v) is 5.00. The number of aliphatic hydroxyl groups is 1. The van der Waals surface area contributed by atoms with Gasteiger partial charge in [-0.15, -0.1) is 0 Å². The Morgan fingerprint density at radius 1 is 1.33 bits per heavy atom. The van der Waals surface area contributed by atoms with Gasteiger partial charge in [-0.3, -0.25) is 0 Å². The van der Waals surface area contributed by atoms with E-state index in [2.05, 4.69) is 6.58 Å². The summed E-state index contributed by atoms with van der Waals surface area (Å²) in [5, 5.41) is 9.60. The lowest BCUT2D eigenvalue weighted by atomic mass is 9.98. The summed E-state index contributed by atoms with van der Waals surface area (Å²) < 4.78 is 5.54. The van der Waals surface area contributed by atoms with Crippen LogP contribution in [0.1, 0.15) is 26.3 Å². The molecule has 0 heterocycles. The molecule has 0 radical (unpaired) electrons. The summed E-state index contributed by atoms with van der Waals surface area (Å²) in [5.41, 5.74) is 1.13. The molecule has 0 aromatic heterocycles. The molecule has 0 saturated heterocycles. The molecule has 0 saturated carbocycles. The minimum absolute atomic E-state index is 0.514. The summed E-state index contributed by atoms with van der Waals surface area (Å²) >= 11 is 0. The molecule has 82 valence electrons. The van der Waals surface area contributed by atoms with Crippen molar-refractivity contribution in [3.05, 3.63) is 48.0 Å². The predicted octanol–water partition coefficient (Wildman–Crippen LogP) is 2.83. The number of ether oxygens (including phenoxy) is 1. The van der Waals surface area contributed by atoms with Crippen molar-refractivity contribution in [3.63, 3.8) is 0 Å². The Hall–Kier alpha value is -1.12. The topological polar surface area (TPSA) is 29.5 Å². The van der Waals surface area contributed by atoms with Crippen LogP contribution in [-0.4, -0.2) is 11.4 Å². The lowest BCUT2D eigenvalue weighted by Gasteiger charge is -2.29. The van der Waals surface area contributed by atoms with Gasteiger partial charge in [-0.05, 0) is 31.9 Å². The second-order valence-electron chi connectivity index (χ2n) is 4.19. The van der Waals surface area contributed by atoms with Gasteiger partial charge >= 0.3 is 0 Å². The molecule has 1 aromatic rings. The highest BCUT2D eigenvalue weighted by Crippen LogP contribution is 2.26. The second-order valence-corrected chi connectivity index (χ2v) is 4.19. The quantitative estimate of drug-likeness (QED) is 0.606. The van der Waals surface area contributed by atoms with Crippen LogP contribution in [0.3, 0.4) is 0 Å². The Bertz CT molecular complexity index is 328. The smallest absolute Gasteiger partial charge is 0.177 e. The van der Waals surface area contributed by atoms with Crippen LogP contribution in [0.15, 0.2) is 42.5 Å². The molecule has 1 N–H and O–H groups in total. The average molecular weight is 206 g/mol. The number of rotatable bonds is 4. The molecule has 0 aliphatic heterocycles. The fraction of sp³-hybridized carbons (Fsp3) is 0.385. The molecule has 2 heteroatoms. The van der Waals surface area contributed by atoms with Crippen molar-refractivity contribution in [2.24, 2.45) is 0 Å². The van der Waals surface area contributed by atoms with Crippen molar-refractivity contribution in [3.8, 4) is 0 Å². The molecule has 0 amide bonds. The third-order valence-electron chi connectivity index (χ3n) is 2.30. The highest BCUT2D eigenvalue weighted by molar-refractivity contribution is 5.21. The average Bonchev–Trinajstić information content (AvgIpc) is 2.18. The van der Waals surface area contributed by atoms with E-state index in [-0.39, 0.29) is 0 Å². The van der Waals surface area contributed by atoms with Crippen LogP contribution in [0, 0.1) is 0 Å². The van der Waals surface area contributed by atoms with Gasteiger partial charge in [0, 0.05) is 0 Å². The van der Waals surface area contributed by atoms with Crippen molar-refractivity contribution in [1.82, 2.24) is 0 Å². The van der Waals surface area contributed by atoms with Crippen LogP contribution in [0.25, 0.3) is 0 Å². The van der Waals surface area contributed by atoms with Crippen molar-refractivity contribution in [2.45, 2.75) is 32.7 Å². The maximum atomic E-state index is 9.60. The van der Waals surface area contributed by atoms with Gasteiger partial charge in [-0.25, -0.2) is 0 Å². The van der Waals surface area contributed by atoms with Gasteiger partial charge in [-0.1, -0.05) is 36.9 Å². The maximum Gasteiger partial charge on any atom is 0.177 e. The zero-order valence-electron chi connectivity index (χ0n) is 9.53. The normalized spacial score (nSPS) is 13.6.